The lowest BCUT2D eigenvalue weighted by Crippen LogP contribution is -2.11. The smallest absolute Gasteiger partial charge is 0.341 e. The Morgan fingerprint density at radius 2 is 2.00 bits per heavy atom. The predicted octanol–water partition coefficient (Wildman–Crippen LogP) is 1.17. The average Bonchev–Trinajstić information content (AvgIpc) is 2.72. The van der Waals surface area contributed by atoms with Gasteiger partial charge < -0.3 is 14.5 Å². The van der Waals surface area contributed by atoms with Gasteiger partial charge in [-0.2, -0.15) is 0 Å². The molecule has 1 aliphatic rings. The number of nitrogens with one attached hydrogen (secondary N) is 1. The van der Waals surface area contributed by atoms with Crippen molar-refractivity contribution in [2.75, 3.05) is 6.79 Å². The Labute approximate surface area is 93.7 Å². The highest BCUT2D eigenvalue weighted by Gasteiger charge is 2.22. The molecule has 0 unspecified atom stereocenters. The highest BCUT2D eigenvalue weighted by molar-refractivity contribution is 5.92. The minimum atomic E-state index is -0.735. The van der Waals surface area contributed by atoms with Crippen molar-refractivity contribution >= 4 is 16.5 Å². The number of rotatable bonds is 1. The van der Waals surface area contributed by atoms with E-state index in [4.69, 9.17) is 9.47 Å². The molecule has 1 aromatic carbocycles. The second kappa shape index (κ2) is 3.21. The predicted molar refractivity (Wildman–Crippen MR) is 57.3 cm³/mol. The van der Waals surface area contributed by atoms with Gasteiger partial charge in [0.15, 0.2) is 11.5 Å². The molecule has 3 rings (SSSR count). The molecular weight excluding hydrogens is 228 g/mol. The molecule has 0 aliphatic carbocycles. The number of fused-ring (bicyclic) bond motifs is 2. The maximum Gasteiger partial charge on any atom is 0.341 e. The van der Waals surface area contributed by atoms with E-state index < -0.39 is 16.2 Å². The van der Waals surface area contributed by atoms with Crippen molar-refractivity contribution in [2.45, 2.75) is 0 Å². The number of nitro groups is 1. The molecule has 1 aromatic heterocycles. The molecule has 0 saturated carbocycles. The molecule has 86 valence electrons. The fourth-order valence-corrected chi connectivity index (χ4v) is 1.80. The number of hydrogen-bond acceptors (Lipinski definition) is 5. The van der Waals surface area contributed by atoms with E-state index in [0.29, 0.717) is 16.9 Å². The monoisotopic (exact) mass is 234 g/mol. The summed E-state index contributed by atoms with van der Waals surface area (Å²) in [5.41, 5.74) is -1.22. The Hall–Kier alpha value is -2.57. The highest BCUT2D eigenvalue weighted by atomic mass is 16.7. The quantitative estimate of drug-likeness (QED) is 0.590. The van der Waals surface area contributed by atoms with E-state index in [1.807, 2.05) is 0 Å². The number of H-pyrrole nitrogens is 1. The topological polar surface area (TPSA) is 94.5 Å². The summed E-state index contributed by atoms with van der Waals surface area (Å²) in [5, 5.41) is 11.6. The van der Waals surface area contributed by atoms with Gasteiger partial charge in [0, 0.05) is 11.6 Å². The molecule has 17 heavy (non-hydrogen) atoms. The van der Waals surface area contributed by atoms with Crippen LogP contribution in [0.3, 0.4) is 0 Å². The van der Waals surface area contributed by atoms with Gasteiger partial charge in [-0.25, -0.2) is 0 Å². The first-order chi connectivity index (χ1) is 8.16. The van der Waals surface area contributed by atoms with Crippen molar-refractivity contribution in [2.24, 2.45) is 0 Å². The van der Waals surface area contributed by atoms with Gasteiger partial charge in [0.2, 0.25) is 6.79 Å². The first kappa shape index (κ1) is 9.64. The zero-order valence-electron chi connectivity index (χ0n) is 8.43. The Kier molecular flexibility index (Phi) is 1.82. The van der Waals surface area contributed by atoms with E-state index in [0.717, 1.165) is 0 Å². The maximum absolute atomic E-state index is 11.4. The van der Waals surface area contributed by atoms with Gasteiger partial charge in [-0.05, 0) is 12.1 Å². The lowest BCUT2D eigenvalue weighted by Gasteiger charge is -2.01. The molecule has 2 aromatic rings. The van der Waals surface area contributed by atoms with Crippen LogP contribution in [0.25, 0.3) is 10.8 Å². The van der Waals surface area contributed by atoms with E-state index in [2.05, 4.69) is 4.98 Å². The number of hydrogen-bond donors (Lipinski definition) is 1. The minimum Gasteiger partial charge on any atom is -0.454 e. The van der Waals surface area contributed by atoms with E-state index in [-0.39, 0.29) is 12.2 Å². The van der Waals surface area contributed by atoms with Crippen molar-refractivity contribution in [3.63, 3.8) is 0 Å². The average molecular weight is 234 g/mol. The van der Waals surface area contributed by atoms with Crippen molar-refractivity contribution in [3.8, 4) is 11.5 Å². The largest absolute Gasteiger partial charge is 0.454 e. The van der Waals surface area contributed by atoms with Gasteiger partial charge in [0.25, 0.3) is 0 Å². The summed E-state index contributed by atoms with van der Waals surface area (Å²) in [4.78, 5) is 23.9. The highest BCUT2D eigenvalue weighted by Crippen LogP contribution is 2.37. The molecule has 0 saturated heterocycles. The van der Waals surface area contributed by atoms with E-state index in [1.165, 1.54) is 12.3 Å². The Morgan fingerprint density at radius 3 is 2.71 bits per heavy atom. The summed E-state index contributed by atoms with van der Waals surface area (Å²) in [6.07, 6.45) is 1.41. The van der Waals surface area contributed by atoms with E-state index in [9.17, 15) is 14.9 Å². The Morgan fingerprint density at radius 1 is 1.29 bits per heavy atom. The summed E-state index contributed by atoms with van der Waals surface area (Å²) in [6.45, 7) is 0.0768. The first-order valence-electron chi connectivity index (χ1n) is 4.76. The van der Waals surface area contributed by atoms with E-state index in [1.54, 1.807) is 6.07 Å². The van der Waals surface area contributed by atoms with Crippen LogP contribution in [0, 0.1) is 10.1 Å². The molecule has 2 heterocycles. The van der Waals surface area contributed by atoms with Crippen molar-refractivity contribution in [3.05, 3.63) is 38.8 Å². The molecule has 0 spiro atoms. The molecule has 0 atom stereocenters. The molecule has 0 radical (unpaired) electrons. The number of nitrogens with zero attached hydrogens (tertiary/aromatic N) is 1. The van der Waals surface area contributed by atoms with Crippen molar-refractivity contribution in [1.82, 2.24) is 4.98 Å². The number of ether oxygens (including phenoxy) is 2. The first-order valence-corrected chi connectivity index (χ1v) is 4.76. The summed E-state index contributed by atoms with van der Waals surface area (Å²) in [7, 11) is 0. The standard InChI is InChI=1S/C10H6N2O5/c13-10-9(12(14)15)6-2-8-7(16-4-17-8)1-5(6)3-11-10/h1-3H,4H2,(H,11,13). The van der Waals surface area contributed by atoms with Crippen LogP contribution in [0.5, 0.6) is 11.5 Å². The zero-order valence-corrected chi connectivity index (χ0v) is 8.43. The van der Waals surface area contributed by atoms with Gasteiger partial charge in [-0.15, -0.1) is 0 Å². The lowest BCUT2D eigenvalue weighted by molar-refractivity contribution is -0.384. The maximum atomic E-state index is 11.4. The third kappa shape index (κ3) is 1.32. The van der Waals surface area contributed by atoms with Gasteiger partial charge in [0.1, 0.15) is 0 Å². The van der Waals surface area contributed by atoms with Gasteiger partial charge in [-0.3, -0.25) is 14.9 Å². The van der Waals surface area contributed by atoms with Crippen molar-refractivity contribution < 1.29 is 14.4 Å². The van der Waals surface area contributed by atoms with Crippen LogP contribution in [0.2, 0.25) is 0 Å². The molecule has 0 bridgehead atoms. The summed E-state index contributed by atoms with van der Waals surface area (Å²) >= 11 is 0. The molecule has 1 aliphatic heterocycles. The molecular formula is C10H6N2O5. The van der Waals surface area contributed by atoms with Gasteiger partial charge in [-0.1, -0.05) is 0 Å². The van der Waals surface area contributed by atoms with Crippen LogP contribution < -0.4 is 15.0 Å². The number of aromatic nitrogens is 1. The number of pyridine rings is 1. The van der Waals surface area contributed by atoms with Crippen LogP contribution in [0.4, 0.5) is 5.69 Å². The van der Waals surface area contributed by atoms with E-state index >= 15 is 0 Å². The minimum absolute atomic E-state index is 0.0768. The van der Waals surface area contributed by atoms with Gasteiger partial charge >= 0.3 is 11.2 Å². The third-order valence-corrected chi connectivity index (χ3v) is 2.56. The summed E-state index contributed by atoms with van der Waals surface area (Å²) < 4.78 is 10.3. The molecule has 0 amide bonds. The van der Waals surface area contributed by atoms with Crippen LogP contribution in [0.15, 0.2) is 23.1 Å². The Bertz CT molecular complexity index is 691. The normalized spacial score (nSPS) is 12.9. The van der Waals surface area contributed by atoms with Crippen LogP contribution in [-0.2, 0) is 0 Å². The van der Waals surface area contributed by atoms with Crippen LogP contribution >= 0.6 is 0 Å². The molecule has 7 heteroatoms. The van der Waals surface area contributed by atoms with Gasteiger partial charge in [0.05, 0.1) is 10.3 Å². The lowest BCUT2D eigenvalue weighted by atomic mass is 10.1. The van der Waals surface area contributed by atoms with Crippen LogP contribution in [0.1, 0.15) is 0 Å². The fraction of sp³-hybridized carbons (Fsp3) is 0.100. The number of aromatic amines is 1. The summed E-state index contributed by atoms with van der Waals surface area (Å²) in [5.74, 6) is 0.921. The van der Waals surface area contributed by atoms with Crippen molar-refractivity contribution in [1.29, 1.82) is 0 Å². The second-order valence-corrected chi connectivity index (χ2v) is 3.52. The molecule has 7 nitrogen and oxygen atoms in total. The fourth-order valence-electron chi connectivity index (χ4n) is 1.80. The van der Waals surface area contributed by atoms with Crippen LogP contribution in [-0.4, -0.2) is 16.7 Å². The zero-order chi connectivity index (χ0) is 12.0. The second-order valence-electron chi connectivity index (χ2n) is 3.52. The SMILES string of the molecule is O=c1[nH]cc2cc3c(cc2c1[N+](=O)[O-])OCO3. The third-order valence-electron chi connectivity index (χ3n) is 2.56. The molecule has 0 fully saturated rings. The Balaban J connectivity index is 2.43. The summed E-state index contributed by atoms with van der Waals surface area (Å²) in [6, 6.07) is 3.05. The molecule has 1 N–H and O–H groups in total. The number of benzene rings is 1.